The van der Waals surface area contributed by atoms with E-state index in [0.29, 0.717) is 18.5 Å². The Morgan fingerprint density at radius 2 is 1.85 bits per heavy atom. The average Bonchev–Trinajstić information content (AvgIpc) is 2.50. The van der Waals surface area contributed by atoms with Crippen molar-refractivity contribution in [1.82, 2.24) is 5.32 Å². The van der Waals surface area contributed by atoms with Gasteiger partial charge in [-0.2, -0.15) is 0 Å². The topological polar surface area (TPSA) is 55.4 Å². The van der Waals surface area contributed by atoms with Crippen LogP contribution >= 0.6 is 0 Å². The predicted octanol–water partition coefficient (Wildman–Crippen LogP) is 1.89. The molecule has 4 nitrogen and oxygen atoms in total. The van der Waals surface area contributed by atoms with Gasteiger partial charge in [0.25, 0.3) is 5.91 Å². The Morgan fingerprint density at radius 1 is 1.20 bits per heavy atom. The number of hydrogen-bond acceptors (Lipinski definition) is 3. The molecule has 0 heterocycles. The van der Waals surface area contributed by atoms with Gasteiger partial charge in [-0.25, -0.2) is 0 Å². The summed E-state index contributed by atoms with van der Waals surface area (Å²) in [5.41, 5.74) is 0.0154. The van der Waals surface area contributed by atoms with Gasteiger partial charge >= 0.3 is 0 Å². The zero-order valence-electron chi connectivity index (χ0n) is 11.3. The lowest BCUT2D eigenvalue weighted by Gasteiger charge is -2.27. The van der Waals surface area contributed by atoms with Crippen molar-refractivity contribution in [2.45, 2.75) is 12.0 Å². The van der Waals surface area contributed by atoms with E-state index in [-0.39, 0.29) is 11.7 Å². The lowest BCUT2D eigenvalue weighted by atomic mass is 9.93. The number of methoxy groups -OCH3 is 1. The summed E-state index contributed by atoms with van der Waals surface area (Å²) in [6.45, 7) is 0.463. The standard InChI is InChI=1S/C16H17NO3/c1-20-16(9-7-14(18)8-10-16)11-12-17-15(19)13-5-3-2-4-6-13/h2-10H,11-12H2,1H3,(H,17,19). The first-order valence-corrected chi connectivity index (χ1v) is 6.46. The van der Waals surface area contributed by atoms with Crippen molar-refractivity contribution in [2.75, 3.05) is 13.7 Å². The SMILES string of the molecule is COC1(CCNC(=O)c2ccccc2)C=CC(=O)C=C1. The van der Waals surface area contributed by atoms with E-state index < -0.39 is 5.60 Å². The number of carbonyl (C=O) groups is 2. The molecule has 1 aromatic rings. The number of amides is 1. The van der Waals surface area contributed by atoms with E-state index in [1.807, 2.05) is 18.2 Å². The van der Waals surface area contributed by atoms with Gasteiger partial charge in [0.05, 0.1) is 0 Å². The molecule has 0 unspecified atom stereocenters. The monoisotopic (exact) mass is 271 g/mol. The highest BCUT2D eigenvalue weighted by Gasteiger charge is 2.25. The highest BCUT2D eigenvalue weighted by Crippen LogP contribution is 2.21. The number of ether oxygens (including phenoxy) is 1. The van der Waals surface area contributed by atoms with Crippen molar-refractivity contribution in [3.05, 3.63) is 60.2 Å². The highest BCUT2D eigenvalue weighted by molar-refractivity contribution is 6.00. The summed E-state index contributed by atoms with van der Waals surface area (Å²) in [6.07, 6.45) is 7.00. The van der Waals surface area contributed by atoms with Crippen LogP contribution in [0, 0.1) is 0 Å². The van der Waals surface area contributed by atoms with Crippen molar-refractivity contribution in [2.24, 2.45) is 0 Å². The Hall–Kier alpha value is -2.20. The molecule has 0 radical (unpaired) electrons. The molecule has 4 heteroatoms. The number of carbonyl (C=O) groups excluding carboxylic acids is 2. The largest absolute Gasteiger partial charge is 0.370 e. The summed E-state index contributed by atoms with van der Waals surface area (Å²) in [6, 6.07) is 9.04. The molecule has 2 rings (SSSR count). The molecule has 0 aliphatic heterocycles. The van der Waals surface area contributed by atoms with Crippen LogP contribution in [-0.2, 0) is 9.53 Å². The molecular formula is C16H17NO3. The van der Waals surface area contributed by atoms with Crippen molar-refractivity contribution >= 4 is 11.7 Å². The van der Waals surface area contributed by atoms with Crippen molar-refractivity contribution in [1.29, 1.82) is 0 Å². The van der Waals surface area contributed by atoms with Crippen molar-refractivity contribution in [3.8, 4) is 0 Å². The first-order valence-electron chi connectivity index (χ1n) is 6.46. The van der Waals surface area contributed by atoms with Crippen LogP contribution in [-0.4, -0.2) is 30.9 Å². The minimum Gasteiger partial charge on any atom is -0.370 e. The number of nitrogens with one attached hydrogen (secondary N) is 1. The summed E-state index contributed by atoms with van der Waals surface area (Å²) < 4.78 is 5.44. The second-order valence-corrected chi connectivity index (χ2v) is 4.60. The molecule has 0 spiro atoms. The van der Waals surface area contributed by atoms with E-state index in [4.69, 9.17) is 4.74 Å². The molecular weight excluding hydrogens is 254 g/mol. The average molecular weight is 271 g/mol. The van der Waals surface area contributed by atoms with Gasteiger partial charge < -0.3 is 10.1 Å². The van der Waals surface area contributed by atoms with Gasteiger partial charge in [-0.1, -0.05) is 18.2 Å². The number of rotatable bonds is 5. The maximum Gasteiger partial charge on any atom is 0.251 e. The normalized spacial score (nSPS) is 16.1. The Bertz CT molecular complexity index is 530. The van der Waals surface area contributed by atoms with Crippen LogP contribution in [0.5, 0.6) is 0 Å². The number of ketones is 1. The first-order chi connectivity index (χ1) is 9.65. The third-order valence-electron chi connectivity index (χ3n) is 3.28. The second kappa shape index (κ2) is 6.30. The molecule has 0 saturated heterocycles. The van der Waals surface area contributed by atoms with Crippen LogP contribution in [0.1, 0.15) is 16.8 Å². The fourth-order valence-corrected chi connectivity index (χ4v) is 2.03. The lowest BCUT2D eigenvalue weighted by Crippen LogP contribution is -2.35. The van der Waals surface area contributed by atoms with Crippen LogP contribution in [0.3, 0.4) is 0 Å². The maximum absolute atomic E-state index is 11.9. The molecule has 0 atom stereocenters. The maximum atomic E-state index is 11.9. The number of hydrogen-bond donors (Lipinski definition) is 1. The molecule has 104 valence electrons. The van der Waals surface area contributed by atoms with E-state index in [1.165, 1.54) is 12.2 Å². The summed E-state index contributed by atoms with van der Waals surface area (Å²) in [5.74, 6) is -0.164. The zero-order chi connectivity index (χ0) is 14.4. The van der Waals surface area contributed by atoms with Gasteiger partial charge in [0.2, 0.25) is 0 Å². The van der Waals surface area contributed by atoms with Crippen LogP contribution in [0.4, 0.5) is 0 Å². The predicted molar refractivity (Wildman–Crippen MR) is 76.4 cm³/mol. The molecule has 20 heavy (non-hydrogen) atoms. The fourth-order valence-electron chi connectivity index (χ4n) is 2.03. The highest BCUT2D eigenvalue weighted by atomic mass is 16.5. The van der Waals surface area contributed by atoms with Gasteiger partial charge in [0.15, 0.2) is 5.78 Å². The molecule has 0 aromatic heterocycles. The summed E-state index contributed by atoms with van der Waals surface area (Å²) >= 11 is 0. The van der Waals surface area contributed by atoms with Crippen LogP contribution < -0.4 is 5.32 Å². The number of allylic oxidation sites excluding steroid dienone is 2. The van der Waals surface area contributed by atoms with Crippen LogP contribution in [0.2, 0.25) is 0 Å². The Morgan fingerprint density at radius 3 is 2.45 bits per heavy atom. The quantitative estimate of drug-likeness (QED) is 0.889. The van der Waals surface area contributed by atoms with E-state index in [0.717, 1.165) is 0 Å². The van der Waals surface area contributed by atoms with Crippen molar-refractivity contribution in [3.63, 3.8) is 0 Å². The third-order valence-corrected chi connectivity index (χ3v) is 3.28. The molecule has 1 aliphatic carbocycles. The van der Waals surface area contributed by atoms with E-state index in [2.05, 4.69) is 5.32 Å². The molecule has 0 saturated carbocycles. The molecule has 0 fully saturated rings. The smallest absolute Gasteiger partial charge is 0.251 e. The molecule has 1 amide bonds. The Balaban J connectivity index is 1.89. The summed E-state index contributed by atoms with van der Waals surface area (Å²) in [4.78, 5) is 23.0. The lowest BCUT2D eigenvalue weighted by molar-refractivity contribution is -0.110. The molecule has 0 bridgehead atoms. The van der Waals surface area contributed by atoms with Gasteiger partial charge in [-0.05, 0) is 36.4 Å². The Labute approximate surface area is 118 Å². The van der Waals surface area contributed by atoms with Crippen LogP contribution in [0.15, 0.2) is 54.6 Å². The minimum absolute atomic E-state index is 0.0500. The van der Waals surface area contributed by atoms with Crippen LogP contribution in [0.25, 0.3) is 0 Å². The van der Waals surface area contributed by atoms with Gasteiger partial charge in [-0.3, -0.25) is 9.59 Å². The second-order valence-electron chi connectivity index (χ2n) is 4.60. The molecule has 1 N–H and O–H groups in total. The van der Waals surface area contributed by atoms with Gasteiger partial charge in [0.1, 0.15) is 5.60 Å². The third kappa shape index (κ3) is 3.42. The van der Waals surface area contributed by atoms with E-state index in [1.54, 1.807) is 31.4 Å². The van der Waals surface area contributed by atoms with E-state index in [9.17, 15) is 9.59 Å². The van der Waals surface area contributed by atoms with E-state index >= 15 is 0 Å². The van der Waals surface area contributed by atoms with Gasteiger partial charge in [0, 0.05) is 25.6 Å². The summed E-state index contributed by atoms with van der Waals surface area (Å²) in [7, 11) is 1.59. The zero-order valence-corrected chi connectivity index (χ0v) is 11.3. The first kappa shape index (κ1) is 14.2. The minimum atomic E-state index is -0.613. The fraction of sp³-hybridized carbons (Fsp3) is 0.250. The summed E-state index contributed by atoms with van der Waals surface area (Å²) in [5, 5.41) is 2.84. The number of benzene rings is 1. The molecule has 1 aromatic carbocycles. The van der Waals surface area contributed by atoms with Gasteiger partial charge in [-0.15, -0.1) is 0 Å². The molecule has 1 aliphatic rings. The van der Waals surface area contributed by atoms with Crippen molar-refractivity contribution < 1.29 is 14.3 Å². The Kier molecular flexibility index (Phi) is 4.48.